The molecule has 2 rings (SSSR count). The molecule has 4 nitrogen and oxygen atoms in total. The van der Waals surface area contributed by atoms with Gasteiger partial charge in [0.1, 0.15) is 5.82 Å². The van der Waals surface area contributed by atoms with E-state index in [1.807, 2.05) is 13.0 Å². The summed E-state index contributed by atoms with van der Waals surface area (Å²) in [5.74, 6) is 0.712. The molecule has 0 amide bonds. The smallest absolute Gasteiger partial charge is 0.127 e. The van der Waals surface area contributed by atoms with E-state index < -0.39 is 0 Å². The Hall–Kier alpha value is -2.41. The largest absolute Gasteiger partial charge is 0.364 e. The van der Waals surface area contributed by atoms with Crippen molar-refractivity contribution in [2.24, 2.45) is 0 Å². The summed E-state index contributed by atoms with van der Waals surface area (Å²) < 4.78 is 0. The van der Waals surface area contributed by atoms with Gasteiger partial charge < -0.3 is 5.32 Å². The molecule has 0 radical (unpaired) electrons. The average Bonchev–Trinajstić information content (AvgIpc) is 2.44. The summed E-state index contributed by atoms with van der Waals surface area (Å²) in [7, 11) is 0. The van der Waals surface area contributed by atoms with Gasteiger partial charge in [-0.15, -0.1) is 0 Å². The Labute approximate surface area is 113 Å². The van der Waals surface area contributed by atoms with Crippen LogP contribution in [0.15, 0.2) is 30.5 Å². The van der Waals surface area contributed by atoms with Gasteiger partial charge >= 0.3 is 0 Å². The van der Waals surface area contributed by atoms with E-state index in [0.29, 0.717) is 17.9 Å². The Morgan fingerprint density at radius 2 is 2.21 bits per heavy atom. The third kappa shape index (κ3) is 3.29. The van der Waals surface area contributed by atoms with Crippen molar-refractivity contribution in [3.05, 3.63) is 53.0 Å². The van der Waals surface area contributed by atoms with Crippen LogP contribution in [0, 0.1) is 18.3 Å². The van der Waals surface area contributed by atoms with Crippen LogP contribution in [0.1, 0.15) is 29.4 Å². The normalized spacial score (nSPS) is 9.95. The minimum Gasteiger partial charge on any atom is -0.364 e. The minimum atomic E-state index is 0.616. The average molecular weight is 252 g/mol. The van der Waals surface area contributed by atoms with E-state index in [2.05, 4.69) is 34.3 Å². The van der Waals surface area contributed by atoms with Crippen molar-refractivity contribution in [2.75, 3.05) is 5.32 Å². The third-order valence-electron chi connectivity index (χ3n) is 2.88. The fourth-order valence-electron chi connectivity index (χ4n) is 1.95. The zero-order valence-electron chi connectivity index (χ0n) is 11.1. The zero-order valence-corrected chi connectivity index (χ0v) is 11.1. The molecule has 0 aliphatic rings. The summed E-state index contributed by atoms with van der Waals surface area (Å²) in [6.45, 7) is 4.61. The maximum atomic E-state index is 8.94. The van der Waals surface area contributed by atoms with E-state index in [-0.39, 0.29) is 0 Å². The van der Waals surface area contributed by atoms with Crippen molar-refractivity contribution < 1.29 is 0 Å². The molecule has 0 spiro atoms. The van der Waals surface area contributed by atoms with Gasteiger partial charge in [0.25, 0.3) is 0 Å². The molecule has 0 aliphatic heterocycles. The van der Waals surface area contributed by atoms with Gasteiger partial charge in [0.05, 0.1) is 23.9 Å². The lowest BCUT2D eigenvalue weighted by Crippen LogP contribution is -2.06. The quantitative estimate of drug-likeness (QED) is 0.908. The summed E-state index contributed by atoms with van der Waals surface area (Å²) in [5, 5.41) is 12.2. The number of rotatable bonds is 4. The Morgan fingerprint density at radius 3 is 2.95 bits per heavy atom. The molecular weight excluding hydrogens is 236 g/mol. The maximum Gasteiger partial charge on any atom is 0.127 e. The minimum absolute atomic E-state index is 0.616. The summed E-state index contributed by atoms with van der Waals surface area (Å²) in [4.78, 5) is 8.74. The van der Waals surface area contributed by atoms with Crippen molar-refractivity contribution in [1.82, 2.24) is 9.97 Å². The number of nitrogens with one attached hydrogen (secondary N) is 1. The first kappa shape index (κ1) is 13.0. The van der Waals surface area contributed by atoms with E-state index in [0.717, 1.165) is 17.8 Å². The SMILES string of the molecule is CCc1cccnc1CNc1cc(C#N)cc(C)n1. The lowest BCUT2D eigenvalue weighted by Gasteiger charge is -2.09. The van der Waals surface area contributed by atoms with E-state index in [4.69, 9.17) is 5.26 Å². The first-order chi connectivity index (χ1) is 9.22. The van der Waals surface area contributed by atoms with Crippen LogP contribution in [-0.2, 0) is 13.0 Å². The van der Waals surface area contributed by atoms with Gasteiger partial charge in [0.2, 0.25) is 0 Å². The van der Waals surface area contributed by atoms with Crippen LogP contribution in [0.4, 0.5) is 5.82 Å². The van der Waals surface area contributed by atoms with Gasteiger partial charge in [-0.2, -0.15) is 5.26 Å². The fourth-order valence-corrected chi connectivity index (χ4v) is 1.95. The monoisotopic (exact) mass is 252 g/mol. The number of anilines is 1. The van der Waals surface area contributed by atoms with Crippen LogP contribution in [0.3, 0.4) is 0 Å². The molecule has 0 aliphatic carbocycles. The maximum absolute atomic E-state index is 8.94. The Balaban J connectivity index is 2.15. The van der Waals surface area contributed by atoms with Gasteiger partial charge in [-0.1, -0.05) is 13.0 Å². The van der Waals surface area contributed by atoms with Crippen molar-refractivity contribution in [1.29, 1.82) is 5.26 Å². The van der Waals surface area contributed by atoms with Gasteiger partial charge in [-0.3, -0.25) is 4.98 Å². The number of pyridine rings is 2. The van der Waals surface area contributed by atoms with Gasteiger partial charge in [-0.25, -0.2) is 4.98 Å². The molecule has 0 unspecified atom stereocenters. The van der Waals surface area contributed by atoms with Crippen LogP contribution in [-0.4, -0.2) is 9.97 Å². The lowest BCUT2D eigenvalue weighted by atomic mass is 10.1. The van der Waals surface area contributed by atoms with Gasteiger partial charge in [0, 0.05) is 11.9 Å². The first-order valence-electron chi connectivity index (χ1n) is 6.28. The summed E-state index contributed by atoms with van der Waals surface area (Å²) in [6, 6.07) is 9.68. The van der Waals surface area contributed by atoms with Crippen molar-refractivity contribution in [3.8, 4) is 6.07 Å². The predicted octanol–water partition coefficient (Wildman–Crippen LogP) is 2.83. The van der Waals surface area contributed by atoms with Crippen LogP contribution in [0.2, 0.25) is 0 Å². The molecule has 0 fully saturated rings. The molecule has 2 heterocycles. The molecule has 1 N–H and O–H groups in total. The van der Waals surface area contributed by atoms with Crippen LogP contribution < -0.4 is 5.32 Å². The van der Waals surface area contributed by atoms with E-state index >= 15 is 0 Å². The number of nitriles is 1. The van der Waals surface area contributed by atoms with Gasteiger partial charge in [-0.05, 0) is 37.1 Å². The second-order valence-corrected chi connectivity index (χ2v) is 4.31. The highest BCUT2D eigenvalue weighted by molar-refractivity contribution is 5.44. The highest BCUT2D eigenvalue weighted by atomic mass is 15.0. The van der Waals surface area contributed by atoms with Crippen LogP contribution in [0.5, 0.6) is 0 Å². The van der Waals surface area contributed by atoms with E-state index in [1.165, 1.54) is 5.56 Å². The highest BCUT2D eigenvalue weighted by Gasteiger charge is 2.03. The second-order valence-electron chi connectivity index (χ2n) is 4.31. The van der Waals surface area contributed by atoms with Crippen molar-refractivity contribution in [2.45, 2.75) is 26.8 Å². The summed E-state index contributed by atoms with van der Waals surface area (Å²) in [5.41, 5.74) is 3.69. The molecule has 2 aromatic rings. The number of hydrogen-bond acceptors (Lipinski definition) is 4. The molecule has 4 heteroatoms. The van der Waals surface area contributed by atoms with Crippen LogP contribution in [0.25, 0.3) is 0 Å². The Morgan fingerprint density at radius 1 is 1.37 bits per heavy atom. The number of aromatic nitrogens is 2. The summed E-state index contributed by atoms with van der Waals surface area (Å²) >= 11 is 0. The fraction of sp³-hybridized carbons (Fsp3) is 0.267. The molecule has 0 aromatic carbocycles. The first-order valence-corrected chi connectivity index (χ1v) is 6.28. The molecule has 0 bridgehead atoms. The number of aryl methyl sites for hydroxylation is 2. The van der Waals surface area contributed by atoms with Crippen molar-refractivity contribution in [3.63, 3.8) is 0 Å². The lowest BCUT2D eigenvalue weighted by molar-refractivity contribution is 0.962. The third-order valence-corrected chi connectivity index (χ3v) is 2.88. The molecule has 19 heavy (non-hydrogen) atoms. The topological polar surface area (TPSA) is 61.6 Å². The Bertz CT molecular complexity index is 614. The van der Waals surface area contributed by atoms with Crippen molar-refractivity contribution >= 4 is 5.82 Å². The van der Waals surface area contributed by atoms with E-state index in [9.17, 15) is 0 Å². The zero-order chi connectivity index (χ0) is 13.7. The highest BCUT2D eigenvalue weighted by Crippen LogP contribution is 2.12. The Kier molecular flexibility index (Phi) is 4.09. The number of nitrogens with zero attached hydrogens (tertiary/aromatic N) is 3. The molecule has 96 valence electrons. The molecule has 0 saturated heterocycles. The van der Waals surface area contributed by atoms with Gasteiger partial charge in [0.15, 0.2) is 0 Å². The predicted molar refractivity (Wildman–Crippen MR) is 74.6 cm³/mol. The van der Waals surface area contributed by atoms with E-state index in [1.54, 1.807) is 18.3 Å². The molecular formula is C15H16N4. The second kappa shape index (κ2) is 5.96. The molecule has 0 atom stereocenters. The van der Waals surface area contributed by atoms with Crippen LogP contribution >= 0.6 is 0 Å². The molecule has 0 saturated carbocycles. The summed E-state index contributed by atoms with van der Waals surface area (Å²) in [6.07, 6.45) is 2.75. The number of hydrogen-bond donors (Lipinski definition) is 1. The molecule has 2 aromatic heterocycles. The standard InChI is InChI=1S/C15H16N4/c1-3-13-5-4-6-17-14(13)10-18-15-8-12(9-16)7-11(2)19-15/h4-8H,3,10H2,1-2H3,(H,18,19).